The van der Waals surface area contributed by atoms with E-state index >= 15 is 0 Å². The maximum Gasteiger partial charge on any atom is 0.416 e. The molecule has 0 fully saturated rings. The van der Waals surface area contributed by atoms with Crippen LogP contribution in [0.4, 0.5) is 4.79 Å². The molecule has 0 radical (unpaired) electrons. The fourth-order valence-electron chi connectivity index (χ4n) is 1.49. The minimum atomic E-state index is -0.284. The molecule has 1 aliphatic heterocycles. The number of hydrazine groups is 1. The highest BCUT2D eigenvalue weighted by Crippen LogP contribution is 2.39. The lowest BCUT2D eigenvalue weighted by atomic mass is 10.4. The highest BCUT2D eigenvalue weighted by Gasteiger charge is 2.37. The Balaban J connectivity index is 2.90. The van der Waals surface area contributed by atoms with Gasteiger partial charge in [-0.05, 0) is 20.8 Å². The molecular formula is C11H21N3O2S. The van der Waals surface area contributed by atoms with E-state index < -0.39 is 0 Å². The lowest BCUT2D eigenvalue weighted by Gasteiger charge is -2.35. The van der Waals surface area contributed by atoms with Gasteiger partial charge in [0, 0.05) is 31.7 Å². The number of hydrogen-bond acceptors (Lipinski definition) is 5. The van der Waals surface area contributed by atoms with Crippen molar-refractivity contribution in [2.24, 2.45) is 0 Å². The van der Waals surface area contributed by atoms with E-state index in [-0.39, 0.29) is 11.6 Å². The molecule has 0 aromatic rings. The number of carbonyl (C=O) groups excluding carboxylic acids is 1. The maximum atomic E-state index is 11.9. The molecule has 5 nitrogen and oxygen atoms in total. The normalized spacial score (nSPS) is 20.7. The molecule has 17 heavy (non-hydrogen) atoms. The van der Waals surface area contributed by atoms with Crippen LogP contribution in [0.2, 0.25) is 0 Å². The highest BCUT2D eigenvalue weighted by atomic mass is 32.2. The van der Waals surface area contributed by atoms with E-state index in [9.17, 15) is 4.79 Å². The second kappa shape index (κ2) is 5.75. The number of nitrogens with zero attached hydrogens (tertiary/aromatic N) is 3. The van der Waals surface area contributed by atoms with Crippen LogP contribution in [0.5, 0.6) is 0 Å². The first-order chi connectivity index (χ1) is 7.90. The van der Waals surface area contributed by atoms with E-state index in [2.05, 4.69) is 0 Å². The van der Waals surface area contributed by atoms with Gasteiger partial charge in [0.05, 0.1) is 6.61 Å². The van der Waals surface area contributed by atoms with Crippen molar-refractivity contribution in [2.75, 3.05) is 27.7 Å². The van der Waals surface area contributed by atoms with Gasteiger partial charge in [-0.1, -0.05) is 11.8 Å². The Morgan fingerprint density at radius 2 is 2.00 bits per heavy atom. The third-order valence-electron chi connectivity index (χ3n) is 2.79. The highest BCUT2D eigenvalue weighted by molar-refractivity contribution is 8.03. The van der Waals surface area contributed by atoms with Crippen LogP contribution in [0.3, 0.4) is 0 Å². The van der Waals surface area contributed by atoms with Crippen LogP contribution < -0.4 is 0 Å². The van der Waals surface area contributed by atoms with Crippen LogP contribution in [0, 0.1) is 0 Å². The molecule has 6 heteroatoms. The van der Waals surface area contributed by atoms with Crippen LogP contribution in [-0.4, -0.2) is 54.3 Å². The second-order valence-electron chi connectivity index (χ2n) is 4.08. The molecule has 0 bridgehead atoms. The van der Waals surface area contributed by atoms with Gasteiger partial charge in [0.1, 0.15) is 0 Å². The first-order valence-electron chi connectivity index (χ1n) is 5.60. The largest absolute Gasteiger partial charge is 0.449 e. The van der Waals surface area contributed by atoms with E-state index in [0.717, 1.165) is 10.6 Å². The summed E-state index contributed by atoms with van der Waals surface area (Å²) >= 11 is 1.66. The maximum absolute atomic E-state index is 11.9. The summed E-state index contributed by atoms with van der Waals surface area (Å²) in [5.74, 6) is 0. The van der Waals surface area contributed by atoms with Crippen molar-refractivity contribution < 1.29 is 9.53 Å². The standard InChI is InChI=1S/C11H21N3O2S/c1-7-16-11(15)14-8(2)9(3)17-10(14)13(6)12(4)5/h10H,7H2,1-6H3. The zero-order valence-corrected chi connectivity index (χ0v) is 12.2. The van der Waals surface area contributed by atoms with Gasteiger partial charge in [-0.25, -0.2) is 14.8 Å². The van der Waals surface area contributed by atoms with Crippen molar-refractivity contribution in [3.8, 4) is 0 Å². The third-order valence-corrected chi connectivity index (χ3v) is 4.16. The average Bonchev–Trinajstić information content (AvgIpc) is 2.54. The molecule has 1 rings (SSSR count). The first-order valence-corrected chi connectivity index (χ1v) is 6.48. The quantitative estimate of drug-likeness (QED) is 0.726. The minimum absolute atomic E-state index is 0.0657. The molecule has 1 amide bonds. The summed E-state index contributed by atoms with van der Waals surface area (Å²) in [7, 11) is 5.86. The Morgan fingerprint density at radius 3 is 2.47 bits per heavy atom. The molecule has 0 saturated carbocycles. The van der Waals surface area contributed by atoms with Gasteiger partial charge in [-0.2, -0.15) is 0 Å². The van der Waals surface area contributed by atoms with Crippen LogP contribution in [0.25, 0.3) is 0 Å². The van der Waals surface area contributed by atoms with E-state index in [0.29, 0.717) is 6.61 Å². The number of thioether (sulfide) groups is 1. The Morgan fingerprint density at radius 1 is 1.41 bits per heavy atom. The van der Waals surface area contributed by atoms with Crippen LogP contribution in [0.1, 0.15) is 20.8 Å². The molecule has 1 heterocycles. The van der Waals surface area contributed by atoms with Crippen molar-refractivity contribution in [3.05, 3.63) is 10.6 Å². The van der Waals surface area contributed by atoms with Gasteiger partial charge in [0.25, 0.3) is 0 Å². The third kappa shape index (κ3) is 2.94. The van der Waals surface area contributed by atoms with E-state index in [1.807, 2.05) is 51.9 Å². The van der Waals surface area contributed by atoms with E-state index in [1.54, 1.807) is 16.7 Å². The molecule has 1 unspecified atom stereocenters. The zero-order valence-electron chi connectivity index (χ0n) is 11.4. The van der Waals surface area contributed by atoms with E-state index in [4.69, 9.17) is 4.74 Å². The molecule has 0 aromatic heterocycles. The Labute approximate surface area is 107 Å². The molecule has 1 atom stereocenters. The van der Waals surface area contributed by atoms with Crippen molar-refractivity contribution in [2.45, 2.75) is 26.3 Å². The van der Waals surface area contributed by atoms with E-state index in [1.165, 1.54) is 0 Å². The molecule has 98 valence electrons. The van der Waals surface area contributed by atoms with Gasteiger partial charge >= 0.3 is 6.09 Å². The van der Waals surface area contributed by atoms with Crippen molar-refractivity contribution in [1.29, 1.82) is 0 Å². The molecule has 0 aliphatic carbocycles. The molecule has 0 N–H and O–H groups in total. The van der Waals surface area contributed by atoms with Crippen molar-refractivity contribution in [3.63, 3.8) is 0 Å². The number of ether oxygens (including phenoxy) is 1. The lowest BCUT2D eigenvalue weighted by Crippen LogP contribution is -2.49. The summed E-state index contributed by atoms with van der Waals surface area (Å²) in [6.45, 7) is 6.18. The summed E-state index contributed by atoms with van der Waals surface area (Å²) in [5.41, 5.74) is 0.899. The topological polar surface area (TPSA) is 36.0 Å². The predicted molar refractivity (Wildman–Crippen MR) is 70.1 cm³/mol. The van der Waals surface area contributed by atoms with Gasteiger partial charge in [-0.3, -0.25) is 4.90 Å². The van der Waals surface area contributed by atoms with Crippen molar-refractivity contribution in [1.82, 2.24) is 14.9 Å². The smallest absolute Gasteiger partial charge is 0.416 e. The van der Waals surface area contributed by atoms with Crippen molar-refractivity contribution >= 4 is 17.9 Å². The summed E-state index contributed by atoms with van der Waals surface area (Å²) in [5, 5.41) is 3.96. The number of carbonyl (C=O) groups is 1. The van der Waals surface area contributed by atoms with Gasteiger partial charge in [0.2, 0.25) is 0 Å². The summed E-state index contributed by atoms with van der Waals surface area (Å²) in [6, 6.07) is 0. The molecule has 0 aromatic carbocycles. The summed E-state index contributed by atoms with van der Waals surface area (Å²) < 4.78 is 5.10. The first kappa shape index (κ1) is 14.3. The zero-order chi connectivity index (χ0) is 13.2. The number of amides is 1. The Kier molecular flexibility index (Phi) is 4.85. The fraction of sp³-hybridized carbons (Fsp3) is 0.727. The number of allylic oxidation sites excluding steroid dienone is 2. The van der Waals surface area contributed by atoms with Crippen LogP contribution >= 0.6 is 11.8 Å². The SMILES string of the molecule is CCOC(=O)N1C(C)=C(C)SC1N(C)N(C)C. The van der Waals surface area contributed by atoms with Gasteiger partial charge in [0.15, 0.2) is 5.50 Å². The monoisotopic (exact) mass is 259 g/mol. The average molecular weight is 259 g/mol. The van der Waals surface area contributed by atoms with Crippen LogP contribution in [-0.2, 0) is 4.74 Å². The molecule has 0 saturated heterocycles. The lowest BCUT2D eigenvalue weighted by molar-refractivity contribution is -0.00677. The van der Waals surface area contributed by atoms with Gasteiger partial charge < -0.3 is 4.74 Å². The fourth-order valence-corrected chi connectivity index (χ4v) is 2.77. The minimum Gasteiger partial charge on any atom is -0.449 e. The molecule has 1 aliphatic rings. The number of rotatable bonds is 3. The molecule has 0 spiro atoms. The van der Waals surface area contributed by atoms with Crippen LogP contribution in [0.15, 0.2) is 10.6 Å². The second-order valence-corrected chi connectivity index (χ2v) is 5.35. The predicted octanol–water partition coefficient (Wildman–Crippen LogP) is 2.14. The summed E-state index contributed by atoms with van der Waals surface area (Å²) in [6.07, 6.45) is -0.284. The summed E-state index contributed by atoms with van der Waals surface area (Å²) in [4.78, 5) is 14.8. The van der Waals surface area contributed by atoms with Gasteiger partial charge in [-0.15, -0.1) is 0 Å². The molecular weight excluding hydrogens is 238 g/mol. The Hall–Kier alpha value is -0.720. The Bertz CT molecular complexity index is 331. The number of hydrogen-bond donors (Lipinski definition) is 0.